The number of imidazole rings is 1. The van der Waals surface area contributed by atoms with E-state index in [1.165, 1.54) is 9.13 Å². The second kappa shape index (κ2) is 13.7. The molecule has 0 saturated carbocycles. The molecule has 0 aliphatic carbocycles. The van der Waals surface area contributed by atoms with Gasteiger partial charge in [0.05, 0.1) is 0 Å². The van der Waals surface area contributed by atoms with Crippen molar-refractivity contribution in [2.75, 3.05) is 18.0 Å². The molecule has 1 atom stereocenters. The first-order chi connectivity index (χ1) is 21.8. The fraction of sp³-hybridized carbons (Fsp3) is 0.600. The van der Waals surface area contributed by atoms with Crippen molar-refractivity contribution in [1.29, 1.82) is 0 Å². The van der Waals surface area contributed by atoms with Crippen molar-refractivity contribution in [2.45, 2.75) is 118 Å². The smallest absolute Gasteiger partial charge is 0.407 e. The number of ether oxygens (including phenoxy) is 1. The van der Waals surface area contributed by atoms with Gasteiger partial charge in [0.1, 0.15) is 11.4 Å². The molecule has 11 nitrogen and oxygen atoms in total. The van der Waals surface area contributed by atoms with Gasteiger partial charge < -0.3 is 23.9 Å². The van der Waals surface area contributed by atoms with Crippen LogP contribution in [-0.2, 0) is 31.3 Å². The average molecular weight is 667 g/mol. The van der Waals surface area contributed by atoms with Crippen LogP contribution in [0.4, 0.5) is 10.7 Å². The molecule has 12 heteroatoms. The average Bonchev–Trinajstić information content (AvgIpc) is 3.33. The highest BCUT2D eigenvalue weighted by Crippen LogP contribution is 2.37. The lowest BCUT2D eigenvalue weighted by atomic mass is 10.1. The summed E-state index contributed by atoms with van der Waals surface area (Å²) in [5, 5.41) is 3.06. The molecule has 0 spiro atoms. The molecule has 0 bridgehead atoms. The van der Waals surface area contributed by atoms with Crippen molar-refractivity contribution >= 4 is 31.5 Å². The van der Waals surface area contributed by atoms with Crippen LogP contribution in [0.5, 0.6) is 5.75 Å². The SMILES string of the molecule is CC(C)=CCn1c(N2CCC[C@H](NC(=O)OC(C)(C)C)C2)nc2c1c(=O)n(CCc1cccc(O[Si](C)(C)C(C)(C)C)c1)c(=O)n2C. The number of hydrogen-bond acceptors (Lipinski definition) is 7. The van der Waals surface area contributed by atoms with Crippen LogP contribution in [0.15, 0.2) is 45.5 Å². The van der Waals surface area contributed by atoms with E-state index >= 15 is 0 Å². The highest BCUT2D eigenvalue weighted by Gasteiger charge is 2.39. The number of carbonyl (C=O) groups excluding carboxylic acids is 1. The molecule has 1 aliphatic rings. The highest BCUT2D eigenvalue weighted by molar-refractivity contribution is 6.74. The molecule has 3 heterocycles. The van der Waals surface area contributed by atoms with E-state index in [2.05, 4.69) is 44.1 Å². The van der Waals surface area contributed by atoms with Gasteiger partial charge in [0.2, 0.25) is 14.3 Å². The maximum Gasteiger partial charge on any atom is 0.407 e. The van der Waals surface area contributed by atoms with E-state index in [-0.39, 0.29) is 23.2 Å². The minimum atomic E-state index is -2.02. The Morgan fingerprint density at radius 3 is 2.45 bits per heavy atom. The zero-order valence-corrected chi connectivity index (χ0v) is 31.2. The van der Waals surface area contributed by atoms with E-state index < -0.39 is 25.7 Å². The predicted molar refractivity (Wildman–Crippen MR) is 191 cm³/mol. The Balaban J connectivity index is 1.67. The number of hydrogen-bond donors (Lipinski definition) is 1. The maximum atomic E-state index is 14.1. The van der Waals surface area contributed by atoms with Crippen molar-refractivity contribution in [1.82, 2.24) is 24.0 Å². The van der Waals surface area contributed by atoms with Crippen LogP contribution in [0.2, 0.25) is 18.1 Å². The molecule has 258 valence electrons. The summed E-state index contributed by atoms with van der Waals surface area (Å²) in [5.74, 6) is 1.42. The first-order valence-corrected chi connectivity index (χ1v) is 19.5. The molecular weight excluding hydrogens is 613 g/mol. The summed E-state index contributed by atoms with van der Waals surface area (Å²) < 4.78 is 16.7. The third-order valence-electron chi connectivity index (χ3n) is 9.02. The van der Waals surface area contributed by atoms with Crippen LogP contribution in [0, 0.1) is 0 Å². The van der Waals surface area contributed by atoms with E-state index in [1.54, 1.807) is 7.05 Å². The number of piperidine rings is 1. The number of nitrogens with zero attached hydrogens (tertiary/aromatic N) is 5. The van der Waals surface area contributed by atoms with Gasteiger partial charge in [-0.05, 0) is 89.7 Å². The number of allylic oxidation sites excluding steroid dienone is 2. The van der Waals surface area contributed by atoms with Gasteiger partial charge >= 0.3 is 11.8 Å². The Labute approximate surface area is 279 Å². The largest absolute Gasteiger partial charge is 0.543 e. The quantitative estimate of drug-likeness (QED) is 0.221. The monoisotopic (exact) mass is 666 g/mol. The number of fused-ring (bicyclic) bond motifs is 1. The zero-order chi connectivity index (χ0) is 34.9. The Morgan fingerprint density at radius 1 is 1.11 bits per heavy atom. The summed E-state index contributed by atoms with van der Waals surface area (Å²) in [6.07, 6.45) is 3.72. The van der Waals surface area contributed by atoms with Gasteiger partial charge in [-0.25, -0.2) is 9.59 Å². The predicted octanol–water partition coefficient (Wildman–Crippen LogP) is 5.98. The summed E-state index contributed by atoms with van der Waals surface area (Å²) in [5.41, 5.74) is 1.47. The lowest BCUT2D eigenvalue weighted by Crippen LogP contribution is -2.49. The summed E-state index contributed by atoms with van der Waals surface area (Å²) in [4.78, 5) is 47.3. The second-order valence-corrected chi connectivity index (χ2v) is 20.2. The molecule has 1 fully saturated rings. The Kier molecular flexibility index (Phi) is 10.5. The van der Waals surface area contributed by atoms with Gasteiger partial charge in [-0.15, -0.1) is 0 Å². The first kappa shape index (κ1) is 36.0. The summed E-state index contributed by atoms with van der Waals surface area (Å²) in [7, 11) is -0.356. The second-order valence-electron chi connectivity index (χ2n) is 15.5. The lowest BCUT2D eigenvalue weighted by Gasteiger charge is -2.36. The number of anilines is 1. The van der Waals surface area contributed by atoms with Crippen LogP contribution < -0.4 is 25.9 Å². The standard InChI is InChI=1S/C35H54N6O5Si/c1-24(2)17-20-40-28-29(37-31(40)39-19-13-15-26(23-39)36-32(43)45-34(3,4)5)38(9)33(44)41(30(28)42)21-18-25-14-12-16-27(22-25)46-47(10,11)35(6,7)8/h12,14,16-17,22,26H,13,15,18-21,23H2,1-11H3,(H,36,43)/t26-/m0/s1. The normalized spacial score (nSPS) is 15.9. The zero-order valence-electron chi connectivity index (χ0n) is 30.2. The Morgan fingerprint density at radius 2 is 1.81 bits per heavy atom. The molecular formula is C35H54N6O5Si. The molecule has 0 unspecified atom stereocenters. The third kappa shape index (κ3) is 8.57. The number of aryl methyl sites for hydroxylation is 2. The van der Waals surface area contributed by atoms with Gasteiger partial charge in [0, 0.05) is 39.3 Å². The molecule has 4 rings (SSSR count). The number of rotatable bonds is 9. The van der Waals surface area contributed by atoms with Crippen molar-refractivity contribution in [3.8, 4) is 5.75 Å². The third-order valence-corrected chi connectivity index (χ3v) is 13.4. The molecule has 1 aliphatic heterocycles. The minimum Gasteiger partial charge on any atom is -0.543 e. The fourth-order valence-electron chi connectivity index (χ4n) is 5.45. The summed E-state index contributed by atoms with van der Waals surface area (Å²) in [6, 6.07) is 7.81. The number of aromatic nitrogens is 4. The van der Waals surface area contributed by atoms with E-state index in [9.17, 15) is 14.4 Å². The maximum absolute atomic E-state index is 14.1. The van der Waals surface area contributed by atoms with E-state index in [0.29, 0.717) is 43.2 Å². The molecule has 1 N–H and O–H groups in total. The van der Waals surface area contributed by atoms with Crippen molar-refractivity contribution in [3.05, 3.63) is 62.3 Å². The van der Waals surface area contributed by atoms with Crippen LogP contribution in [0.1, 0.15) is 73.8 Å². The number of alkyl carbamates (subject to hydrolysis) is 1. The lowest BCUT2D eigenvalue weighted by molar-refractivity contribution is 0.0499. The van der Waals surface area contributed by atoms with Gasteiger partial charge in [-0.2, -0.15) is 4.98 Å². The van der Waals surface area contributed by atoms with Crippen LogP contribution in [-0.4, -0.2) is 57.8 Å². The molecule has 1 aromatic carbocycles. The number of nitrogens with one attached hydrogen (secondary N) is 1. The molecule has 1 amide bonds. The first-order valence-electron chi connectivity index (χ1n) is 16.6. The highest BCUT2D eigenvalue weighted by atomic mass is 28.4. The van der Waals surface area contributed by atoms with Crippen molar-refractivity contribution in [3.63, 3.8) is 0 Å². The number of amides is 1. The molecule has 2 aromatic heterocycles. The van der Waals surface area contributed by atoms with Gasteiger partial charge in [-0.3, -0.25) is 13.9 Å². The van der Waals surface area contributed by atoms with Gasteiger partial charge in [0.25, 0.3) is 5.56 Å². The fourth-order valence-corrected chi connectivity index (χ4v) is 6.47. The van der Waals surface area contributed by atoms with Crippen molar-refractivity contribution in [2.24, 2.45) is 7.05 Å². The van der Waals surface area contributed by atoms with E-state index in [1.807, 2.05) is 69.5 Å². The van der Waals surface area contributed by atoms with Crippen LogP contribution in [0.3, 0.4) is 0 Å². The summed E-state index contributed by atoms with van der Waals surface area (Å²) >= 11 is 0. The minimum absolute atomic E-state index is 0.0644. The van der Waals surface area contributed by atoms with Crippen LogP contribution in [0.25, 0.3) is 11.2 Å². The number of carbonyl (C=O) groups is 1. The Bertz CT molecular complexity index is 1750. The summed E-state index contributed by atoms with van der Waals surface area (Å²) in [6.45, 7) is 22.5. The Hall–Kier alpha value is -3.80. The molecule has 0 radical (unpaired) electrons. The molecule has 47 heavy (non-hydrogen) atoms. The van der Waals surface area contributed by atoms with Gasteiger partial charge in [0.15, 0.2) is 11.2 Å². The van der Waals surface area contributed by atoms with E-state index in [0.717, 1.165) is 29.7 Å². The van der Waals surface area contributed by atoms with Gasteiger partial charge in [-0.1, -0.05) is 44.6 Å². The van der Waals surface area contributed by atoms with Crippen molar-refractivity contribution < 1.29 is 14.0 Å². The molecule has 1 saturated heterocycles. The van der Waals surface area contributed by atoms with Crippen LogP contribution >= 0.6 is 0 Å². The molecule has 3 aromatic rings. The topological polar surface area (TPSA) is 113 Å². The van der Waals surface area contributed by atoms with E-state index in [4.69, 9.17) is 14.1 Å². The number of benzene rings is 1.